The average Bonchev–Trinajstić information content (AvgIpc) is 2.34. The van der Waals surface area contributed by atoms with Crippen molar-refractivity contribution in [3.8, 4) is 5.75 Å². The number of ether oxygens (including phenoxy) is 2. The van der Waals surface area contributed by atoms with Gasteiger partial charge in [0.25, 0.3) is 0 Å². The smallest absolute Gasteiger partial charge is 0.408 e. The molecule has 1 amide bonds. The van der Waals surface area contributed by atoms with Gasteiger partial charge in [-0.2, -0.15) is 0 Å². The highest BCUT2D eigenvalue weighted by Crippen LogP contribution is 2.13. The highest BCUT2D eigenvalue weighted by Gasteiger charge is 2.28. The van der Waals surface area contributed by atoms with Crippen LogP contribution < -0.4 is 10.1 Å². The van der Waals surface area contributed by atoms with Crippen molar-refractivity contribution >= 4 is 12.1 Å². The summed E-state index contributed by atoms with van der Waals surface area (Å²) >= 11 is 0. The van der Waals surface area contributed by atoms with Crippen molar-refractivity contribution < 1.29 is 19.1 Å². The fourth-order valence-corrected chi connectivity index (χ4v) is 1.60. The first-order valence-corrected chi connectivity index (χ1v) is 6.95. The lowest BCUT2D eigenvalue weighted by molar-refractivity contribution is -0.137. The van der Waals surface area contributed by atoms with Gasteiger partial charge in [-0.3, -0.25) is 0 Å². The fraction of sp³-hybridized carbons (Fsp3) is 0.500. The summed E-state index contributed by atoms with van der Waals surface area (Å²) in [6, 6.07) is 7.98. The molecule has 21 heavy (non-hydrogen) atoms. The highest BCUT2D eigenvalue weighted by molar-refractivity contribution is 5.83. The SMILES string of the molecule is CC(C)C(NC(=O)OC(C)(C)C)C(=O)Oc1ccccc1. The van der Waals surface area contributed by atoms with Crippen LogP contribution in [0.2, 0.25) is 0 Å². The minimum atomic E-state index is -0.764. The number of carbonyl (C=O) groups excluding carboxylic acids is 2. The Morgan fingerprint density at radius 1 is 1.10 bits per heavy atom. The molecule has 1 aromatic rings. The van der Waals surface area contributed by atoms with Gasteiger partial charge in [0.15, 0.2) is 0 Å². The Balaban J connectivity index is 2.69. The Morgan fingerprint density at radius 2 is 1.67 bits per heavy atom. The van der Waals surface area contributed by atoms with E-state index in [9.17, 15) is 9.59 Å². The number of rotatable bonds is 4. The highest BCUT2D eigenvalue weighted by atomic mass is 16.6. The molecule has 0 aliphatic heterocycles. The van der Waals surface area contributed by atoms with Crippen LogP contribution in [0.3, 0.4) is 0 Å². The maximum absolute atomic E-state index is 12.2. The molecule has 1 rings (SSSR count). The van der Waals surface area contributed by atoms with Gasteiger partial charge in [0.2, 0.25) is 0 Å². The lowest BCUT2D eigenvalue weighted by Crippen LogP contribution is -2.48. The number of hydrogen-bond acceptors (Lipinski definition) is 4. The molecule has 0 fully saturated rings. The molecule has 116 valence electrons. The van der Waals surface area contributed by atoms with Crippen LogP contribution in [0.4, 0.5) is 4.79 Å². The van der Waals surface area contributed by atoms with E-state index in [0.29, 0.717) is 5.75 Å². The Bertz CT molecular complexity index is 477. The minimum Gasteiger partial charge on any atom is -0.444 e. The predicted octanol–water partition coefficient (Wildman–Crippen LogP) is 3.14. The van der Waals surface area contributed by atoms with Crippen molar-refractivity contribution in [1.82, 2.24) is 5.32 Å². The molecule has 1 aromatic carbocycles. The standard InChI is InChI=1S/C16H23NO4/c1-11(2)13(17-15(19)21-16(3,4)5)14(18)20-12-9-7-6-8-10-12/h6-11,13H,1-5H3,(H,17,19). The maximum Gasteiger partial charge on any atom is 0.408 e. The van der Waals surface area contributed by atoms with Gasteiger partial charge in [-0.15, -0.1) is 0 Å². The minimum absolute atomic E-state index is 0.117. The van der Waals surface area contributed by atoms with Gasteiger partial charge in [0.05, 0.1) is 0 Å². The van der Waals surface area contributed by atoms with E-state index in [1.54, 1.807) is 45.0 Å². The third-order valence-electron chi connectivity index (χ3n) is 2.55. The molecule has 0 heterocycles. The normalized spacial score (nSPS) is 12.7. The third kappa shape index (κ3) is 6.29. The molecule has 0 saturated carbocycles. The van der Waals surface area contributed by atoms with Crippen molar-refractivity contribution in [1.29, 1.82) is 0 Å². The number of hydrogen-bond donors (Lipinski definition) is 1. The van der Waals surface area contributed by atoms with Gasteiger partial charge >= 0.3 is 12.1 Å². The lowest BCUT2D eigenvalue weighted by atomic mass is 10.1. The van der Waals surface area contributed by atoms with Crippen LogP contribution in [-0.4, -0.2) is 23.7 Å². The summed E-state index contributed by atoms with van der Waals surface area (Å²) in [4.78, 5) is 24.0. The molecular weight excluding hydrogens is 270 g/mol. The zero-order chi connectivity index (χ0) is 16.0. The molecule has 5 nitrogen and oxygen atoms in total. The first-order valence-electron chi connectivity index (χ1n) is 6.95. The van der Waals surface area contributed by atoms with E-state index in [4.69, 9.17) is 9.47 Å². The van der Waals surface area contributed by atoms with Gasteiger partial charge in [-0.1, -0.05) is 32.0 Å². The first kappa shape index (κ1) is 17.0. The maximum atomic E-state index is 12.2. The number of benzene rings is 1. The largest absolute Gasteiger partial charge is 0.444 e. The van der Waals surface area contributed by atoms with Gasteiger partial charge in [0, 0.05) is 0 Å². The summed E-state index contributed by atoms with van der Waals surface area (Å²) in [5.74, 6) is -0.185. The lowest BCUT2D eigenvalue weighted by Gasteiger charge is -2.24. The number of para-hydroxylation sites is 1. The molecule has 0 aromatic heterocycles. The van der Waals surface area contributed by atoms with E-state index in [1.807, 2.05) is 19.9 Å². The second kappa shape index (κ2) is 7.11. The van der Waals surface area contributed by atoms with Crippen molar-refractivity contribution in [3.05, 3.63) is 30.3 Å². The Kier molecular flexibility index (Phi) is 5.76. The molecule has 0 radical (unpaired) electrons. The Morgan fingerprint density at radius 3 is 2.14 bits per heavy atom. The summed E-state index contributed by atoms with van der Waals surface area (Å²) in [5, 5.41) is 2.56. The molecular formula is C16H23NO4. The van der Waals surface area contributed by atoms with E-state index in [2.05, 4.69) is 5.32 Å². The van der Waals surface area contributed by atoms with E-state index < -0.39 is 23.7 Å². The molecule has 5 heteroatoms. The zero-order valence-electron chi connectivity index (χ0n) is 13.2. The quantitative estimate of drug-likeness (QED) is 0.684. The molecule has 0 bridgehead atoms. The Hall–Kier alpha value is -2.04. The van der Waals surface area contributed by atoms with E-state index in [1.165, 1.54) is 0 Å². The van der Waals surface area contributed by atoms with E-state index >= 15 is 0 Å². The van der Waals surface area contributed by atoms with Crippen LogP contribution in [0, 0.1) is 5.92 Å². The first-order chi connectivity index (χ1) is 9.69. The summed E-state index contributed by atoms with van der Waals surface area (Å²) in [5.41, 5.74) is -0.616. The Labute approximate surface area is 125 Å². The average molecular weight is 293 g/mol. The molecule has 0 saturated heterocycles. The van der Waals surface area contributed by atoms with Crippen LogP contribution in [0.25, 0.3) is 0 Å². The third-order valence-corrected chi connectivity index (χ3v) is 2.55. The fourth-order valence-electron chi connectivity index (χ4n) is 1.60. The van der Waals surface area contributed by atoms with Crippen molar-refractivity contribution in [2.45, 2.75) is 46.3 Å². The van der Waals surface area contributed by atoms with Gasteiger partial charge in [-0.25, -0.2) is 9.59 Å². The second-order valence-electron chi connectivity index (χ2n) is 6.10. The van der Waals surface area contributed by atoms with Gasteiger partial charge in [-0.05, 0) is 38.8 Å². The van der Waals surface area contributed by atoms with Crippen LogP contribution in [0.5, 0.6) is 5.75 Å². The number of nitrogens with one attached hydrogen (secondary N) is 1. The predicted molar refractivity (Wildman–Crippen MR) is 80.1 cm³/mol. The van der Waals surface area contributed by atoms with Gasteiger partial charge < -0.3 is 14.8 Å². The summed E-state index contributed by atoms with van der Waals surface area (Å²) in [7, 11) is 0. The van der Waals surface area contributed by atoms with E-state index in [-0.39, 0.29) is 5.92 Å². The molecule has 0 spiro atoms. The molecule has 1 N–H and O–H groups in total. The van der Waals surface area contributed by atoms with Crippen molar-refractivity contribution in [2.75, 3.05) is 0 Å². The zero-order valence-corrected chi connectivity index (χ0v) is 13.2. The number of esters is 1. The van der Waals surface area contributed by atoms with Crippen LogP contribution >= 0.6 is 0 Å². The number of amides is 1. The molecule has 0 aliphatic carbocycles. The number of alkyl carbamates (subject to hydrolysis) is 1. The summed E-state index contributed by atoms with van der Waals surface area (Å²) < 4.78 is 10.4. The van der Waals surface area contributed by atoms with Crippen molar-refractivity contribution in [3.63, 3.8) is 0 Å². The summed E-state index contributed by atoms with van der Waals surface area (Å²) in [6.45, 7) is 8.94. The van der Waals surface area contributed by atoms with Crippen LogP contribution in [0.1, 0.15) is 34.6 Å². The number of carbonyl (C=O) groups is 2. The van der Waals surface area contributed by atoms with Crippen LogP contribution in [-0.2, 0) is 9.53 Å². The van der Waals surface area contributed by atoms with Gasteiger partial charge in [0.1, 0.15) is 17.4 Å². The molecule has 1 unspecified atom stereocenters. The summed E-state index contributed by atoms with van der Waals surface area (Å²) in [6.07, 6.45) is -0.633. The van der Waals surface area contributed by atoms with Crippen molar-refractivity contribution in [2.24, 2.45) is 5.92 Å². The molecule has 0 aliphatic rings. The molecule has 1 atom stereocenters. The monoisotopic (exact) mass is 293 g/mol. The van der Waals surface area contributed by atoms with Crippen LogP contribution in [0.15, 0.2) is 30.3 Å². The topological polar surface area (TPSA) is 64.6 Å². The van der Waals surface area contributed by atoms with E-state index in [0.717, 1.165) is 0 Å². The second-order valence-corrected chi connectivity index (χ2v) is 6.10.